The first kappa shape index (κ1) is 14.9. The highest BCUT2D eigenvalue weighted by Crippen LogP contribution is 2.31. The minimum absolute atomic E-state index is 0.415. The fraction of sp³-hybridized carbons (Fsp3) is 0.400. The predicted octanol–water partition coefficient (Wildman–Crippen LogP) is 2.98. The van der Waals surface area contributed by atoms with Crippen LogP contribution in [0.5, 0.6) is 5.75 Å². The third-order valence-corrected chi connectivity index (χ3v) is 3.89. The zero-order valence-electron chi connectivity index (χ0n) is 12.1. The smallest absolute Gasteiger partial charge is 0.130 e. The fourth-order valence-electron chi connectivity index (χ4n) is 2.30. The Balaban J connectivity index is 2.30. The maximum Gasteiger partial charge on any atom is 0.130 e. The number of halogens is 1. The lowest BCUT2D eigenvalue weighted by atomic mass is 10.00. The molecule has 2 aromatic rings. The molecule has 20 heavy (non-hydrogen) atoms. The number of hydrogen-bond acceptors (Lipinski definition) is 3. The van der Waals surface area contributed by atoms with Gasteiger partial charge in [0.2, 0.25) is 0 Å². The maximum atomic E-state index is 10.5. The first-order chi connectivity index (χ1) is 9.43. The lowest BCUT2D eigenvalue weighted by Crippen LogP contribution is -2.05. The number of methoxy groups -OCH3 is 1. The average Bonchev–Trinajstić information content (AvgIpc) is 2.65. The molecule has 1 aromatic heterocycles. The number of ether oxygens (including phenoxy) is 1. The molecule has 0 radical (unpaired) electrons. The number of hydrogen-bond donors (Lipinski definition) is 1. The van der Waals surface area contributed by atoms with Gasteiger partial charge < -0.3 is 9.84 Å². The van der Waals surface area contributed by atoms with E-state index in [4.69, 9.17) is 16.3 Å². The highest BCUT2D eigenvalue weighted by atomic mass is 35.5. The van der Waals surface area contributed by atoms with Crippen LogP contribution in [0.1, 0.15) is 28.5 Å². The van der Waals surface area contributed by atoms with Gasteiger partial charge in [0.1, 0.15) is 10.9 Å². The summed E-state index contributed by atoms with van der Waals surface area (Å²) in [5, 5.41) is 15.3. The van der Waals surface area contributed by atoms with Crippen molar-refractivity contribution in [1.29, 1.82) is 0 Å². The highest BCUT2D eigenvalue weighted by Gasteiger charge is 2.19. The Morgan fingerprint density at radius 1 is 1.40 bits per heavy atom. The Morgan fingerprint density at radius 2 is 2.10 bits per heavy atom. The summed E-state index contributed by atoms with van der Waals surface area (Å²) < 4.78 is 6.95. The SMILES string of the molecule is COc1cc(C)ccc1C(O)Cc1c(C)nn(C)c1Cl. The van der Waals surface area contributed by atoms with Crippen LogP contribution in [0.4, 0.5) is 0 Å². The topological polar surface area (TPSA) is 47.3 Å². The molecular weight excluding hydrogens is 276 g/mol. The second kappa shape index (κ2) is 5.85. The van der Waals surface area contributed by atoms with Gasteiger partial charge >= 0.3 is 0 Å². The lowest BCUT2D eigenvalue weighted by molar-refractivity contribution is 0.174. The van der Waals surface area contributed by atoms with Gasteiger partial charge in [0.15, 0.2) is 0 Å². The van der Waals surface area contributed by atoms with Crippen molar-refractivity contribution in [2.24, 2.45) is 7.05 Å². The van der Waals surface area contributed by atoms with Crippen LogP contribution >= 0.6 is 11.6 Å². The number of benzene rings is 1. The van der Waals surface area contributed by atoms with Crippen LogP contribution in [0, 0.1) is 13.8 Å². The number of aliphatic hydroxyl groups is 1. The normalized spacial score (nSPS) is 12.5. The largest absolute Gasteiger partial charge is 0.496 e. The maximum absolute atomic E-state index is 10.5. The molecule has 108 valence electrons. The van der Waals surface area contributed by atoms with E-state index in [0.29, 0.717) is 17.3 Å². The number of nitrogens with zero attached hydrogens (tertiary/aromatic N) is 2. The zero-order chi connectivity index (χ0) is 14.9. The second-order valence-electron chi connectivity index (χ2n) is 4.94. The van der Waals surface area contributed by atoms with E-state index in [-0.39, 0.29) is 0 Å². The Hall–Kier alpha value is -1.52. The van der Waals surface area contributed by atoms with Crippen molar-refractivity contribution < 1.29 is 9.84 Å². The van der Waals surface area contributed by atoms with Crippen LogP contribution in [-0.2, 0) is 13.5 Å². The predicted molar refractivity (Wildman–Crippen MR) is 79.3 cm³/mol. The molecule has 1 heterocycles. The number of aromatic nitrogens is 2. The van der Waals surface area contributed by atoms with Crippen molar-refractivity contribution in [3.63, 3.8) is 0 Å². The fourth-order valence-corrected chi connectivity index (χ4v) is 2.55. The van der Waals surface area contributed by atoms with Gasteiger partial charge in [0, 0.05) is 24.6 Å². The Kier molecular flexibility index (Phi) is 4.35. The van der Waals surface area contributed by atoms with Crippen molar-refractivity contribution >= 4 is 11.6 Å². The van der Waals surface area contributed by atoms with Crippen molar-refractivity contribution in [2.45, 2.75) is 26.4 Å². The van der Waals surface area contributed by atoms with E-state index in [1.165, 1.54) is 0 Å². The molecule has 1 unspecified atom stereocenters. The summed E-state index contributed by atoms with van der Waals surface area (Å²) in [6, 6.07) is 5.76. The van der Waals surface area contributed by atoms with Crippen molar-refractivity contribution in [3.05, 3.63) is 45.7 Å². The minimum atomic E-state index is -0.675. The Labute approximate surface area is 123 Å². The second-order valence-corrected chi connectivity index (χ2v) is 5.30. The van der Waals surface area contributed by atoms with Crippen molar-refractivity contribution in [2.75, 3.05) is 7.11 Å². The van der Waals surface area contributed by atoms with Gasteiger partial charge in [0.25, 0.3) is 0 Å². The first-order valence-electron chi connectivity index (χ1n) is 6.44. The Bertz CT molecular complexity index is 623. The first-order valence-corrected chi connectivity index (χ1v) is 6.82. The summed E-state index contributed by atoms with van der Waals surface area (Å²) in [4.78, 5) is 0. The zero-order valence-corrected chi connectivity index (χ0v) is 12.9. The summed E-state index contributed by atoms with van der Waals surface area (Å²) >= 11 is 6.20. The van der Waals surface area contributed by atoms with Gasteiger partial charge in [-0.15, -0.1) is 0 Å². The Morgan fingerprint density at radius 3 is 2.65 bits per heavy atom. The van der Waals surface area contributed by atoms with Crippen LogP contribution in [0.25, 0.3) is 0 Å². The number of aliphatic hydroxyl groups excluding tert-OH is 1. The van der Waals surface area contributed by atoms with Gasteiger partial charge in [0.05, 0.1) is 18.9 Å². The third kappa shape index (κ3) is 2.81. The number of aryl methyl sites for hydroxylation is 3. The van der Waals surface area contributed by atoms with Crippen molar-refractivity contribution in [3.8, 4) is 5.75 Å². The molecule has 0 fully saturated rings. The quantitative estimate of drug-likeness (QED) is 0.943. The van der Waals surface area contributed by atoms with Crippen LogP contribution < -0.4 is 4.74 Å². The van der Waals surface area contributed by atoms with E-state index >= 15 is 0 Å². The molecule has 0 saturated carbocycles. The monoisotopic (exact) mass is 294 g/mol. The van der Waals surface area contributed by atoms with Crippen molar-refractivity contribution in [1.82, 2.24) is 9.78 Å². The van der Waals surface area contributed by atoms with Gasteiger partial charge in [-0.3, -0.25) is 4.68 Å². The van der Waals surface area contributed by atoms with Crippen LogP contribution in [-0.4, -0.2) is 22.0 Å². The molecule has 0 saturated heterocycles. The molecule has 0 aliphatic rings. The van der Waals surface area contributed by atoms with E-state index in [0.717, 1.165) is 22.4 Å². The van der Waals surface area contributed by atoms with Gasteiger partial charge in [-0.05, 0) is 25.5 Å². The summed E-state index contributed by atoms with van der Waals surface area (Å²) in [5.41, 5.74) is 3.55. The van der Waals surface area contributed by atoms with E-state index < -0.39 is 6.10 Å². The van der Waals surface area contributed by atoms with E-state index in [1.807, 2.05) is 32.0 Å². The number of rotatable bonds is 4. The van der Waals surface area contributed by atoms with Crippen LogP contribution in [0.15, 0.2) is 18.2 Å². The average molecular weight is 295 g/mol. The molecule has 4 nitrogen and oxygen atoms in total. The molecule has 0 bridgehead atoms. The molecule has 0 amide bonds. The molecule has 1 atom stereocenters. The molecular formula is C15H19ClN2O2. The summed E-state index contributed by atoms with van der Waals surface area (Å²) in [7, 11) is 3.39. The molecule has 5 heteroatoms. The minimum Gasteiger partial charge on any atom is -0.496 e. The van der Waals surface area contributed by atoms with Gasteiger partial charge in [-0.1, -0.05) is 23.7 Å². The molecule has 1 N–H and O–H groups in total. The molecule has 0 aliphatic heterocycles. The van der Waals surface area contributed by atoms with Gasteiger partial charge in [-0.25, -0.2) is 0 Å². The summed E-state index contributed by atoms with van der Waals surface area (Å²) in [5.74, 6) is 0.690. The standard InChI is InChI=1S/C15H19ClN2O2/c1-9-5-6-11(14(7-9)20-4)13(19)8-12-10(2)17-18(3)15(12)16/h5-7,13,19H,8H2,1-4H3. The highest BCUT2D eigenvalue weighted by molar-refractivity contribution is 6.30. The lowest BCUT2D eigenvalue weighted by Gasteiger charge is -2.15. The van der Waals surface area contributed by atoms with E-state index in [1.54, 1.807) is 18.8 Å². The molecule has 2 rings (SSSR count). The third-order valence-electron chi connectivity index (χ3n) is 3.42. The van der Waals surface area contributed by atoms with Gasteiger partial charge in [-0.2, -0.15) is 5.10 Å². The molecule has 0 spiro atoms. The molecule has 1 aromatic carbocycles. The molecule has 0 aliphatic carbocycles. The van der Waals surface area contributed by atoms with Crippen LogP contribution in [0.3, 0.4) is 0 Å². The summed E-state index contributed by atoms with van der Waals surface area (Å²) in [6.07, 6.45) is -0.260. The van der Waals surface area contributed by atoms with Crippen LogP contribution in [0.2, 0.25) is 5.15 Å². The summed E-state index contributed by atoms with van der Waals surface area (Å²) in [6.45, 7) is 3.88. The van der Waals surface area contributed by atoms with E-state index in [2.05, 4.69) is 5.10 Å². The van der Waals surface area contributed by atoms with E-state index in [9.17, 15) is 5.11 Å².